The standard InChI is InChI=1S/C21H29NO2/c1-21(2,3)24-20(17-9-7-6-8-10-17)18-11-13-19(14-12-18)23-16-15-22(4)5/h6-14,20H,15-16H2,1-5H3. The van der Waals surface area contributed by atoms with Crippen LogP contribution in [0.15, 0.2) is 54.6 Å². The molecule has 2 rings (SSSR count). The lowest BCUT2D eigenvalue weighted by Gasteiger charge is -2.28. The van der Waals surface area contributed by atoms with Gasteiger partial charge in [-0.3, -0.25) is 0 Å². The molecule has 0 aliphatic rings. The van der Waals surface area contributed by atoms with E-state index in [0.717, 1.165) is 23.4 Å². The van der Waals surface area contributed by atoms with Crippen molar-refractivity contribution >= 4 is 0 Å². The second kappa shape index (κ2) is 8.32. The van der Waals surface area contributed by atoms with E-state index in [1.165, 1.54) is 0 Å². The van der Waals surface area contributed by atoms with Crippen LogP contribution in [0.25, 0.3) is 0 Å². The normalized spacial score (nSPS) is 13.1. The Labute approximate surface area is 146 Å². The van der Waals surface area contributed by atoms with Gasteiger partial charge in [-0.25, -0.2) is 0 Å². The van der Waals surface area contributed by atoms with Crippen LogP contribution in [-0.4, -0.2) is 37.7 Å². The van der Waals surface area contributed by atoms with Crippen LogP contribution in [0.3, 0.4) is 0 Å². The molecule has 0 bridgehead atoms. The Balaban J connectivity index is 2.15. The molecule has 0 heterocycles. The van der Waals surface area contributed by atoms with Crippen molar-refractivity contribution in [2.24, 2.45) is 0 Å². The summed E-state index contributed by atoms with van der Waals surface area (Å²) in [6.07, 6.45) is -0.0815. The Hall–Kier alpha value is -1.84. The summed E-state index contributed by atoms with van der Waals surface area (Å²) in [6.45, 7) is 7.85. The van der Waals surface area contributed by atoms with E-state index in [9.17, 15) is 0 Å². The van der Waals surface area contributed by atoms with E-state index in [1.807, 2.05) is 44.4 Å². The maximum Gasteiger partial charge on any atom is 0.119 e. The molecule has 24 heavy (non-hydrogen) atoms. The molecular formula is C21H29NO2. The SMILES string of the molecule is CN(C)CCOc1ccc(C(OC(C)(C)C)c2ccccc2)cc1. The fourth-order valence-electron chi connectivity index (χ4n) is 2.39. The highest BCUT2D eigenvalue weighted by Crippen LogP contribution is 2.31. The Morgan fingerprint density at radius 2 is 1.46 bits per heavy atom. The van der Waals surface area contributed by atoms with Gasteiger partial charge in [0.25, 0.3) is 0 Å². The third-order valence-corrected chi connectivity index (χ3v) is 3.56. The van der Waals surface area contributed by atoms with Gasteiger partial charge in [0, 0.05) is 6.54 Å². The van der Waals surface area contributed by atoms with Crippen LogP contribution in [0.2, 0.25) is 0 Å². The van der Waals surface area contributed by atoms with Crippen LogP contribution in [-0.2, 0) is 4.74 Å². The highest BCUT2D eigenvalue weighted by molar-refractivity contribution is 5.34. The van der Waals surface area contributed by atoms with Crippen molar-refractivity contribution in [1.29, 1.82) is 0 Å². The Morgan fingerprint density at radius 3 is 2.00 bits per heavy atom. The lowest BCUT2D eigenvalue weighted by Crippen LogP contribution is -2.23. The third-order valence-electron chi connectivity index (χ3n) is 3.56. The van der Waals surface area contributed by atoms with E-state index >= 15 is 0 Å². The molecule has 0 aliphatic carbocycles. The highest BCUT2D eigenvalue weighted by atomic mass is 16.5. The zero-order chi connectivity index (χ0) is 17.6. The van der Waals surface area contributed by atoms with Gasteiger partial charge in [0.2, 0.25) is 0 Å². The Kier molecular flexibility index (Phi) is 6.41. The molecule has 2 aromatic rings. The summed E-state index contributed by atoms with van der Waals surface area (Å²) in [5.41, 5.74) is 2.08. The zero-order valence-corrected chi connectivity index (χ0v) is 15.5. The predicted octanol–water partition coefficient (Wildman–Crippen LogP) is 4.53. The second-order valence-corrected chi connectivity index (χ2v) is 7.24. The van der Waals surface area contributed by atoms with Crippen LogP contribution < -0.4 is 4.74 Å². The molecule has 0 saturated heterocycles. The van der Waals surface area contributed by atoms with Crippen LogP contribution in [0.4, 0.5) is 0 Å². The molecule has 3 heteroatoms. The number of hydrogen-bond donors (Lipinski definition) is 0. The van der Waals surface area contributed by atoms with Crippen molar-refractivity contribution in [3.63, 3.8) is 0 Å². The molecule has 0 amide bonds. The van der Waals surface area contributed by atoms with E-state index in [1.54, 1.807) is 0 Å². The number of benzene rings is 2. The van der Waals surface area contributed by atoms with Gasteiger partial charge in [0.1, 0.15) is 18.5 Å². The molecule has 0 N–H and O–H groups in total. The van der Waals surface area contributed by atoms with Gasteiger partial charge < -0.3 is 14.4 Å². The molecule has 2 aromatic carbocycles. The fourth-order valence-corrected chi connectivity index (χ4v) is 2.39. The summed E-state index contributed by atoms with van der Waals surface area (Å²) in [7, 11) is 4.08. The highest BCUT2D eigenvalue weighted by Gasteiger charge is 2.22. The number of likely N-dealkylation sites (N-methyl/N-ethyl adjacent to an activating group) is 1. The minimum atomic E-state index is -0.221. The van der Waals surface area contributed by atoms with Crippen molar-refractivity contribution in [2.45, 2.75) is 32.5 Å². The largest absolute Gasteiger partial charge is 0.492 e. The molecule has 1 unspecified atom stereocenters. The first-order chi connectivity index (χ1) is 11.3. The zero-order valence-electron chi connectivity index (χ0n) is 15.5. The van der Waals surface area contributed by atoms with Crippen molar-refractivity contribution in [3.05, 3.63) is 65.7 Å². The third kappa shape index (κ3) is 5.99. The van der Waals surface area contributed by atoms with Gasteiger partial charge in [-0.15, -0.1) is 0 Å². The topological polar surface area (TPSA) is 21.7 Å². The van der Waals surface area contributed by atoms with E-state index in [4.69, 9.17) is 9.47 Å². The van der Waals surface area contributed by atoms with Gasteiger partial charge in [-0.2, -0.15) is 0 Å². The van der Waals surface area contributed by atoms with E-state index in [2.05, 4.69) is 49.9 Å². The first kappa shape index (κ1) is 18.5. The van der Waals surface area contributed by atoms with Gasteiger partial charge >= 0.3 is 0 Å². The lowest BCUT2D eigenvalue weighted by atomic mass is 10.00. The van der Waals surface area contributed by atoms with E-state index in [0.29, 0.717) is 6.61 Å². The molecule has 0 spiro atoms. The molecule has 0 aliphatic heterocycles. The maximum absolute atomic E-state index is 6.31. The van der Waals surface area contributed by atoms with Crippen LogP contribution in [0, 0.1) is 0 Å². The van der Waals surface area contributed by atoms with Crippen molar-refractivity contribution in [3.8, 4) is 5.75 Å². The monoisotopic (exact) mass is 327 g/mol. The molecule has 0 radical (unpaired) electrons. The van der Waals surface area contributed by atoms with Gasteiger partial charge in [0.05, 0.1) is 5.60 Å². The number of hydrogen-bond acceptors (Lipinski definition) is 3. The van der Waals surface area contributed by atoms with E-state index in [-0.39, 0.29) is 11.7 Å². The molecular weight excluding hydrogens is 298 g/mol. The second-order valence-electron chi connectivity index (χ2n) is 7.24. The minimum absolute atomic E-state index is 0.0815. The minimum Gasteiger partial charge on any atom is -0.492 e. The summed E-state index contributed by atoms with van der Waals surface area (Å²) in [5, 5.41) is 0. The van der Waals surface area contributed by atoms with Crippen LogP contribution in [0.1, 0.15) is 38.0 Å². The van der Waals surface area contributed by atoms with Gasteiger partial charge in [0.15, 0.2) is 0 Å². The molecule has 130 valence electrons. The Bertz CT molecular complexity index is 600. The summed E-state index contributed by atoms with van der Waals surface area (Å²) < 4.78 is 12.1. The van der Waals surface area contributed by atoms with Crippen LogP contribution >= 0.6 is 0 Å². The first-order valence-electron chi connectivity index (χ1n) is 8.45. The summed E-state index contributed by atoms with van der Waals surface area (Å²) >= 11 is 0. The predicted molar refractivity (Wildman–Crippen MR) is 99.6 cm³/mol. The van der Waals surface area contributed by atoms with Gasteiger partial charge in [-0.1, -0.05) is 42.5 Å². The summed E-state index contributed by atoms with van der Waals surface area (Å²) in [6, 6.07) is 18.6. The van der Waals surface area contributed by atoms with Crippen LogP contribution in [0.5, 0.6) is 5.75 Å². The maximum atomic E-state index is 6.31. The molecule has 3 nitrogen and oxygen atoms in total. The van der Waals surface area contributed by atoms with Gasteiger partial charge in [-0.05, 0) is 58.1 Å². The number of nitrogens with zero attached hydrogens (tertiary/aromatic N) is 1. The van der Waals surface area contributed by atoms with Crippen molar-refractivity contribution in [1.82, 2.24) is 4.90 Å². The van der Waals surface area contributed by atoms with Crippen molar-refractivity contribution < 1.29 is 9.47 Å². The first-order valence-corrected chi connectivity index (χ1v) is 8.45. The average Bonchev–Trinajstić information content (AvgIpc) is 2.53. The Morgan fingerprint density at radius 1 is 0.875 bits per heavy atom. The fraction of sp³-hybridized carbons (Fsp3) is 0.429. The van der Waals surface area contributed by atoms with Crippen molar-refractivity contribution in [2.75, 3.05) is 27.2 Å². The quantitative estimate of drug-likeness (QED) is 0.745. The summed E-state index contributed by atoms with van der Waals surface area (Å²) in [5.74, 6) is 0.892. The molecule has 0 saturated carbocycles. The molecule has 0 fully saturated rings. The number of rotatable bonds is 7. The lowest BCUT2D eigenvalue weighted by molar-refractivity contribution is -0.0429. The summed E-state index contributed by atoms with van der Waals surface area (Å²) in [4.78, 5) is 2.11. The van der Waals surface area contributed by atoms with E-state index < -0.39 is 0 Å². The number of ether oxygens (including phenoxy) is 2. The molecule has 1 atom stereocenters. The smallest absolute Gasteiger partial charge is 0.119 e. The molecule has 0 aromatic heterocycles. The average molecular weight is 327 g/mol.